The Hall–Kier alpha value is -2.43. The van der Waals surface area contributed by atoms with Gasteiger partial charge in [0.15, 0.2) is 5.11 Å². The normalized spacial score (nSPS) is 10.4. The molecule has 7 heteroatoms. The zero-order valence-electron chi connectivity index (χ0n) is 15.5. The summed E-state index contributed by atoms with van der Waals surface area (Å²) in [5.41, 5.74) is 3.73. The lowest BCUT2D eigenvalue weighted by Crippen LogP contribution is -2.38. The Kier molecular flexibility index (Phi) is 7.57. The van der Waals surface area contributed by atoms with Gasteiger partial charge in [0.05, 0.1) is 11.1 Å². The Bertz CT molecular complexity index is 816. The van der Waals surface area contributed by atoms with Crippen molar-refractivity contribution in [3.8, 4) is 6.07 Å². The first kappa shape index (κ1) is 19.9. The molecule has 138 valence electrons. The number of hydrogen-bond donors (Lipinski definition) is 3. The van der Waals surface area contributed by atoms with Gasteiger partial charge in [0, 0.05) is 38.7 Å². The summed E-state index contributed by atoms with van der Waals surface area (Å²) in [6.07, 6.45) is 0.905. The number of ether oxygens (including phenoxy) is 1. The molecular formula is C19H25N5OS. The van der Waals surface area contributed by atoms with Gasteiger partial charge < -0.3 is 20.7 Å². The van der Waals surface area contributed by atoms with Gasteiger partial charge in [-0.2, -0.15) is 5.26 Å². The van der Waals surface area contributed by atoms with Crippen molar-refractivity contribution < 1.29 is 4.74 Å². The highest BCUT2D eigenvalue weighted by atomic mass is 32.1. The second-order valence-corrected chi connectivity index (χ2v) is 6.51. The molecule has 0 amide bonds. The molecule has 26 heavy (non-hydrogen) atoms. The standard InChI is InChI=1S/C19H25N5OS/c1-13-9-14(2)17-15(10-13)11-16(12-20)18(24-17)21-6-7-23-19(26)22-5-4-8-25-3/h9-11H,4-8H2,1-3H3,(H,21,24)(H2,22,23,26). The molecule has 1 aromatic heterocycles. The first-order valence-corrected chi connectivity index (χ1v) is 9.02. The summed E-state index contributed by atoms with van der Waals surface area (Å²) in [5.74, 6) is 0.604. The Balaban J connectivity index is 1.92. The van der Waals surface area contributed by atoms with Crippen molar-refractivity contribution >= 4 is 34.1 Å². The van der Waals surface area contributed by atoms with Crippen LogP contribution in [0.15, 0.2) is 18.2 Å². The van der Waals surface area contributed by atoms with Gasteiger partial charge in [-0.3, -0.25) is 0 Å². The maximum absolute atomic E-state index is 9.42. The van der Waals surface area contributed by atoms with Gasteiger partial charge in [0.1, 0.15) is 11.9 Å². The van der Waals surface area contributed by atoms with E-state index in [4.69, 9.17) is 17.0 Å². The summed E-state index contributed by atoms with van der Waals surface area (Å²) < 4.78 is 4.99. The van der Waals surface area contributed by atoms with Crippen LogP contribution in [-0.2, 0) is 4.74 Å². The van der Waals surface area contributed by atoms with E-state index in [1.165, 1.54) is 0 Å². The molecule has 1 heterocycles. The number of methoxy groups -OCH3 is 1. The molecule has 0 bridgehead atoms. The van der Waals surface area contributed by atoms with Gasteiger partial charge in [-0.1, -0.05) is 11.6 Å². The van der Waals surface area contributed by atoms with Crippen molar-refractivity contribution in [2.45, 2.75) is 20.3 Å². The number of benzene rings is 1. The number of nitrogens with one attached hydrogen (secondary N) is 3. The highest BCUT2D eigenvalue weighted by Crippen LogP contribution is 2.23. The Morgan fingerprint density at radius 3 is 2.69 bits per heavy atom. The molecule has 2 aromatic rings. The lowest BCUT2D eigenvalue weighted by Gasteiger charge is -2.13. The van der Waals surface area contributed by atoms with Crippen molar-refractivity contribution in [1.29, 1.82) is 5.26 Å². The second kappa shape index (κ2) is 9.90. The number of nitriles is 1. The fourth-order valence-electron chi connectivity index (χ4n) is 2.71. The third-order valence-corrected chi connectivity index (χ3v) is 4.18. The smallest absolute Gasteiger partial charge is 0.166 e. The Labute approximate surface area is 159 Å². The summed E-state index contributed by atoms with van der Waals surface area (Å²) in [5, 5.41) is 20.5. The molecule has 0 aliphatic carbocycles. The zero-order chi connectivity index (χ0) is 18.9. The van der Waals surface area contributed by atoms with E-state index in [2.05, 4.69) is 39.1 Å². The topological polar surface area (TPSA) is 82.0 Å². The molecule has 0 spiro atoms. The molecule has 6 nitrogen and oxygen atoms in total. The van der Waals surface area contributed by atoms with E-state index >= 15 is 0 Å². The molecular weight excluding hydrogens is 346 g/mol. The molecule has 3 N–H and O–H groups in total. The van der Waals surface area contributed by atoms with Gasteiger partial charge in [0.2, 0.25) is 0 Å². The minimum absolute atomic E-state index is 0.544. The molecule has 0 saturated carbocycles. The number of aryl methyl sites for hydroxylation is 2. The van der Waals surface area contributed by atoms with Crippen LogP contribution in [0.5, 0.6) is 0 Å². The monoisotopic (exact) mass is 371 g/mol. The average molecular weight is 372 g/mol. The quantitative estimate of drug-likeness (QED) is 0.486. The van der Waals surface area contributed by atoms with Crippen LogP contribution < -0.4 is 16.0 Å². The molecule has 0 unspecified atom stereocenters. The summed E-state index contributed by atoms with van der Waals surface area (Å²) in [6.45, 7) is 6.80. The first-order chi connectivity index (χ1) is 12.5. The predicted octanol–water partition coefficient (Wildman–Crippen LogP) is 2.64. The molecule has 0 fully saturated rings. The number of aromatic nitrogens is 1. The fraction of sp³-hybridized carbons (Fsp3) is 0.421. The number of pyridine rings is 1. The third-order valence-electron chi connectivity index (χ3n) is 3.89. The Morgan fingerprint density at radius 2 is 1.96 bits per heavy atom. The van der Waals surface area contributed by atoms with E-state index in [1.54, 1.807) is 7.11 Å². The van der Waals surface area contributed by atoms with Gasteiger partial charge in [-0.05, 0) is 50.2 Å². The number of nitrogens with zero attached hydrogens (tertiary/aromatic N) is 2. The van der Waals surface area contributed by atoms with Crippen LogP contribution in [0.4, 0.5) is 5.82 Å². The molecule has 2 rings (SSSR count). The van der Waals surface area contributed by atoms with E-state index in [0.29, 0.717) is 36.2 Å². The molecule has 0 radical (unpaired) electrons. The van der Waals surface area contributed by atoms with Gasteiger partial charge in [-0.15, -0.1) is 0 Å². The Morgan fingerprint density at radius 1 is 1.19 bits per heavy atom. The summed E-state index contributed by atoms with van der Waals surface area (Å²) in [6, 6.07) is 8.26. The van der Waals surface area contributed by atoms with Crippen molar-refractivity contribution in [3.05, 3.63) is 34.9 Å². The SMILES string of the molecule is COCCCNC(=S)NCCNc1nc2c(C)cc(C)cc2cc1C#N. The fourth-order valence-corrected chi connectivity index (χ4v) is 2.91. The lowest BCUT2D eigenvalue weighted by atomic mass is 10.1. The summed E-state index contributed by atoms with van der Waals surface area (Å²) in [7, 11) is 1.68. The van der Waals surface area contributed by atoms with Crippen LogP contribution in [0.2, 0.25) is 0 Å². The summed E-state index contributed by atoms with van der Waals surface area (Å²) >= 11 is 5.22. The van der Waals surface area contributed by atoms with Gasteiger partial charge in [-0.25, -0.2) is 4.98 Å². The molecule has 1 aromatic carbocycles. The van der Waals surface area contributed by atoms with Crippen LogP contribution in [0.3, 0.4) is 0 Å². The maximum atomic E-state index is 9.42. The van der Waals surface area contributed by atoms with Gasteiger partial charge in [0.25, 0.3) is 0 Å². The van der Waals surface area contributed by atoms with Crippen molar-refractivity contribution in [1.82, 2.24) is 15.6 Å². The first-order valence-electron chi connectivity index (χ1n) is 8.61. The van der Waals surface area contributed by atoms with Crippen LogP contribution in [0.1, 0.15) is 23.1 Å². The molecule has 0 saturated heterocycles. The largest absolute Gasteiger partial charge is 0.385 e. The van der Waals surface area contributed by atoms with Crippen molar-refractivity contribution in [3.63, 3.8) is 0 Å². The van der Waals surface area contributed by atoms with Crippen molar-refractivity contribution in [2.24, 2.45) is 0 Å². The number of rotatable bonds is 8. The minimum atomic E-state index is 0.544. The minimum Gasteiger partial charge on any atom is -0.385 e. The van der Waals surface area contributed by atoms with E-state index in [9.17, 15) is 5.26 Å². The number of fused-ring (bicyclic) bond motifs is 1. The highest BCUT2D eigenvalue weighted by Gasteiger charge is 2.08. The number of thiocarbonyl (C=S) groups is 1. The van der Waals surface area contributed by atoms with E-state index in [0.717, 1.165) is 35.0 Å². The molecule has 0 aliphatic heterocycles. The van der Waals surface area contributed by atoms with Crippen LogP contribution >= 0.6 is 12.2 Å². The van der Waals surface area contributed by atoms with Crippen molar-refractivity contribution in [2.75, 3.05) is 38.7 Å². The van der Waals surface area contributed by atoms with Crippen LogP contribution in [0.25, 0.3) is 10.9 Å². The predicted molar refractivity (Wildman–Crippen MR) is 110 cm³/mol. The third kappa shape index (κ3) is 5.55. The lowest BCUT2D eigenvalue weighted by molar-refractivity contribution is 0.195. The van der Waals surface area contributed by atoms with Crippen LogP contribution in [-0.4, -0.2) is 43.4 Å². The average Bonchev–Trinajstić information content (AvgIpc) is 2.62. The van der Waals surface area contributed by atoms with Gasteiger partial charge >= 0.3 is 0 Å². The molecule has 0 atom stereocenters. The summed E-state index contributed by atoms with van der Waals surface area (Å²) in [4.78, 5) is 4.65. The molecule has 0 aliphatic rings. The maximum Gasteiger partial charge on any atom is 0.166 e. The second-order valence-electron chi connectivity index (χ2n) is 6.11. The zero-order valence-corrected chi connectivity index (χ0v) is 16.3. The van der Waals surface area contributed by atoms with Crippen LogP contribution in [0, 0.1) is 25.2 Å². The number of hydrogen-bond acceptors (Lipinski definition) is 5. The van der Waals surface area contributed by atoms with E-state index in [1.807, 2.05) is 19.9 Å². The van der Waals surface area contributed by atoms with E-state index in [-0.39, 0.29) is 0 Å². The number of anilines is 1. The van der Waals surface area contributed by atoms with E-state index < -0.39 is 0 Å². The highest BCUT2D eigenvalue weighted by molar-refractivity contribution is 7.80.